The van der Waals surface area contributed by atoms with Crippen molar-refractivity contribution in [2.45, 2.75) is 69.7 Å². The van der Waals surface area contributed by atoms with Crippen molar-refractivity contribution in [1.29, 1.82) is 0 Å². The number of nitrogens with zero attached hydrogens (tertiary/aromatic N) is 2. The third kappa shape index (κ3) is 4.85. The molecule has 1 aromatic carbocycles. The van der Waals surface area contributed by atoms with Crippen LogP contribution in [0, 0.1) is 11.8 Å². The average Bonchev–Trinajstić information content (AvgIpc) is 3.55. The molecule has 2 N–H and O–H groups in total. The predicted molar refractivity (Wildman–Crippen MR) is 147 cm³/mol. The molecule has 0 unspecified atom stereocenters. The van der Waals surface area contributed by atoms with Crippen molar-refractivity contribution in [1.82, 2.24) is 15.1 Å². The molecule has 5 rings (SSSR count). The molecule has 5 atom stereocenters. The first-order chi connectivity index (χ1) is 18.3. The maximum atomic E-state index is 14.0. The fraction of sp³-hybridized carbons (Fsp3) is 0.607. The van der Waals surface area contributed by atoms with Crippen LogP contribution in [0.2, 0.25) is 10.0 Å². The molecular weight excluding hydrogens is 527 g/mol. The Hall–Kier alpha value is -2.13. The van der Waals surface area contributed by atoms with E-state index >= 15 is 0 Å². The Balaban J connectivity index is 1.42. The normalized spacial score (nSPS) is 30.2. The van der Waals surface area contributed by atoms with Gasteiger partial charge < -0.3 is 25.2 Å². The van der Waals surface area contributed by atoms with E-state index in [2.05, 4.69) is 29.4 Å². The Morgan fingerprint density at radius 1 is 1.11 bits per heavy atom. The number of hydrogen-bond acceptors (Lipinski definition) is 5. The molecule has 0 radical (unpaired) electrons. The molecule has 2 saturated heterocycles. The number of anilines is 1. The molecular formula is C28H36Cl2N4O4. The monoisotopic (exact) mass is 562 g/mol. The topological polar surface area (TPSA) is 91.0 Å². The number of likely N-dealkylation sites (tertiary alicyclic amines) is 1. The van der Waals surface area contributed by atoms with Crippen LogP contribution in [0.4, 0.5) is 5.69 Å². The van der Waals surface area contributed by atoms with Gasteiger partial charge in [0.2, 0.25) is 17.7 Å². The van der Waals surface area contributed by atoms with Gasteiger partial charge in [-0.3, -0.25) is 14.4 Å². The highest BCUT2D eigenvalue weighted by Crippen LogP contribution is 2.55. The molecule has 1 aliphatic carbocycles. The third-order valence-electron chi connectivity index (χ3n) is 8.62. The van der Waals surface area contributed by atoms with Crippen molar-refractivity contribution in [3.05, 3.63) is 40.4 Å². The van der Waals surface area contributed by atoms with E-state index in [9.17, 15) is 14.4 Å². The van der Waals surface area contributed by atoms with Crippen LogP contribution in [0.1, 0.15) is 46.0 Å². The van der Waals surface area contributed by atoms with E-state index in [1.165, 1.54) is 6.42 Å². The lowest BCUT2D eigenvalue weighted by atomic mass is 9.74. The molecule has 2 bridgehead atoms. The van der Waals surface area contributed by atoms with Gasteiger partial charge in [0.15, 0.2) is 0 Å². The summed E-state index contributed by atoms with van der Waals surface area (Å²) in [5.41, 5.74) is -0.677. The van der Waals surface area contributed by atoms with E-state index in [4.69, 9.17) is 27.9 Å². The first-order valence-corrected chi connectivity index (χ1v) is 14.5. The summed E-state index contributed by atoms with van der Waals surface area (Å²) in [5.74, 6) is -2.27. The molecule has 0 aromatic heterocycles. The van der Waals surface area contributed by atoms with Crippen LogP contribution in [0.5, 0.6) is 0 Å². The summed E-state index contributed by atoms with van der Waals surface area (Å²) >= 11 is 12.2. The summed E-state index contributed by atoms with van der Waals surface area (Å²) in [4.78, 5) is 45.3. The Labute approximate surface area is 234 Å². The van der Waals surface area contributed by atoms with Crippen LogP contribution < -0.4 is 10.6 Å². The maximum Gasteiger partial charge on any atom is 0.246 e. The number of rotatable bonds is 9. The van der Waals surface area contributed by atoms with E-state index in [1.54, 1.807) is 23.1 Å². The number of likely N-dealkylation sites (N-methyl/N-ethyl adjacent to an activating group) is 1. The quantitative estimate of drug-likeness (QED) is 0.446. The predicted octanol–water partition coefficient (Wildman–Crippen LogP) is 3.87. The minimum atomic E-state index is -1.16. The smallest absolute Gasteiger partial charge is 0.246 e. The number of amides is 3. The molecule has 3 fully saturated rings. The summed E-state index contributed by atoms with van der Waals surface area (Å²) in [6.45, 7) is 6.88. The van der Waals surface area contributed by atoms with Crippen LogP contribution >= 0.6 is 23.2 Å². The highest BCUT2D eigenvalue weighted by atomic mass is 35.5. The Morgan fingerprint density at radius 2 is 1.84 bits per heavy atom. The van der Waals surface area contributed by atoms with Gasteiger partial charge in [-0.05, 0) is 44.1 Å². The fourth-order valence-electron chi connectivity index (χ4n) is 6.62. The summed E-state index contributed by atoms with van der Waals surface area (Å²) in [7, 11) is 0. The van der Waals surface area contributed by atoms with Gasteiger partial charge in [-0.2, -0.15) is 0 Å². The number of halogens is 2. The SMILES string of the molecule is CCN(CC)CCN1C(=O)[C@@H]2[C@@H](C(=O)Nc3ccc(Cl)c(Cl)c3)[C@@H]3C=C[C@@]2(O3)[C@H]1C(=O)NC1CCCCC1. The Morgan fingerprint density at radius 3 is 2.53 bits per heavy atom. The van der Waals surface area contributed by atoms with E-state index in [0.29, 0.717) is 28.8 Å². The lowest BCUT2D eigenvalue weighted by molar-refractivity contribution is -0.141. The van der Waals surface area contributed by atoms with Gasteiger partial charge in [0.1, 0.15) is 11.6 Å². The van der Waals surface area contributed by atoms with Crippen molar-refractivity contribution in [2.75, 3.05) is 31.5 Å². The number of carbonyl (C=O) groups excluding carboxylic acids is 3. The van der Waals surface area contributed by atoms with Gasteiger partial charge in [0.25, 0.3) is 0 Å². The highest BCUT2D eigenvalue weighted by Gasteiger charge is 2.72. The molecule has 1 saturated carbocycles. The van der Waals surface area contributed by atoms with E-state index < -0.39 is 29.6 Å². The lowest BCUT2D eigenvalue weighted by Gasteiger charge is -2.34. The van der Waals surface area contributed by atoms with Gasteiger partial charge in [0, 0.05) is 24.8 Å². The van der Waals surface area contributed by atoms with Crippen LogP contribution in [0.3, 0.4) is 0 Å². The number of carbonyl (C=O) groups is 3. The van der Waals surface area contributed by atoms with Crippen LogP contribution in [-0.2, 0) is 19.1 Å². The average molecular weight is 564 g/mol. The number of fused-ring (bicyclic) bond motifs is 1. The van der Waals surface area contributed by atoms with Gasteiger partial charge in [0.05, 0.1) is 28.0 Å². The zero-order valence-electron chi connectivity index (χ0n) is 21.9. The minimum Gasteiger partial charge on any atom is -0.359 e. The van der Waals surface area contributed by atoms with Gasteiger partial charge >= 0.3 is 0 Å². The molecule has 4 aliphatic rings. The highest BCUT2D eigenvalue weighted by molar-refractivity contribution is 6.42. The number of nitrogens with one attached hydrogen (secondary N) is 2. The Bertz CT molecular complexity index is 1120. The van der Waals surface area contributed by atoms with Crippen molar-refractivity contribution >= 4 is 46.6 Å². The van der Waals surface area contributed by atoms with Gasteiger partial charge in [-0.1, -0.05) is 68.5 Å². The largest absolute Gasteiger partial charge is 0.359 e. The zero-order valence-corrected chi connectivity index (χ0v) is 23.4. The lowest BCUT2D eigenvalue weighted by Crippen LogP contribution is -2.57. The standard InChI is InChI=1S/C28H36Cl2N4O4/c1-3-33(4-2)14-15-34-24(26(36)31-17-8-6-5-7-9-17)28-13-12-21(38-28)22(23(28)27(34)37)25(35)32-18-10-11-19(29)20(30)16-18/h10-13,16-17,21-24H,3-9,14-15H2,1-2H3,(H,31,36)(H,32,35)/t21-,22-,23-,24+,28-/m0/s1. The van der Waals surface area contributed by atoms with E-state index in [-0.39, 0.29) is 23.8 Å². The summed E-state index contributed by atoms with van der Waals surface area (Å²) in [5, 5.41) is 6.82. The molecule has 3 amide bonds. The second-order valence-corrected chi connectivity index (χ2v) is 11.5. The second-order valence-electron chi connectivity index (χ2n) is 10.7. The van der Waals surface area contributed by atoms with E-state index in [1.807, 2.05) is 12.2 Å². The van der Waals surface area contributed by atoms with E-state index in [0.717, 1.165) is 38.8 Å². The molecule has 3 heterocycles. The van der Waals surface area contributed by atoms with Gasteiger partial charge in [-0.15, -0.1) is 0 Å². The summed E-state index contributed by atoms with van der Waals surface area (Å²) < 4.78 is 6.43. The minimum absolute atomic E-state index is 0.0998. The molecule has 1 aromatic rings. The van der Waals surface area contributed by atoms with Crippen LogP contribution in [0.25, 0.3) is 0 Å². The first-order valence-electron chi connectivity index (χ1n) is 13.7. The number of benzene rings is 1. The van der Waals surface area contributed by atoms with Crippen LogP contribution in [-0.4, -0.2) is 77.5 Å². The van der Waals surface area contributed by atoms with Crippen molar-refractivity contribution < 1.29 is 19.1 Å². The molecule has 3 aliphatic heterocycles. The number of hydrogen-bond donors (Lipinski definition) is 2. The summed E-state index contributed by atoms with van der Waals surface area (Å²) in [6.07, 6.45) is 8.34. The third-order valence-corrected chi connectivity index (χ3v) is 9.35. The molecule has 10 heteroatoms. The maximum absolute atomic E-state index is 14.0. The van der Waals surface area contributed by atoms with Crippen molar-refractivity contribution in [2.24, 2.45) is 11.8 Å². The zero-order chi connectivity index (χ0) is 27.0. The molecule has 206 valence electrons. The van der Waals surface area contributed by atoms with Crippen LogP contribution in [0.15, 0.2) is 30.4 Å². The molecule has 1 spiro atoms. The number of ether oxygens (including phenoxy) is 1. The van der Waals surface area contributed by atoms with Gasteiger partial charge in [-0.25, -0.2) is 0 Å². The molecule has 8 nitrogen and oxygen atoms in total. The summed E-state index contributed by atoms with van der Waals surface area (Å²) in [6, 6.07) is 4.14. The molecule has 38 heavy (non-hydrogen) atoms. The van der Waals surface area contributed by atoms with Crippen molar-refractivity contribution in [3.8, 4) is 0 Å². The Kier molecular flexibility index (Phi) is 8.06. The fourth-order valence-corrected chi connectivity index (χ4v) is 6.92. The second kappa shape index (κ2) is 11.2. The first kappa shape index (κ1) is 27.4. The van der Waals surface area contributed by atoms with Crippen molar-refractivity contribution in [3.63, 3.8) is 0 Å².